The monoisotopic (exact) mass is 249 g/mol. The van der Waals surface area contributed by atoms with Gasteiger partial charge in [-0.05, 0) is 49.9 Å². The molecule has 0 aliphatic carbocycles. The molecule has 1 unspecified atom stereocenters. The minimum atomic E-state index is 0.0909. The highest BCUT2D eigenvalue weighted by Crippen LogP contribution is 2.14. The highest BCUT2D eigenvalue weighted by molar-refractivity contribution is 5.26. The minimum Gasteiger partial charge on any atom is -0.494 e. The second-order valence-corrected chi connectivity index (χ2v) is 4.94. The van der Waals surface area contributed by atoms with Gasteiger partial charge in [0.25, 0.3) is 0 Å². The van der Waals surface area contributed by atoms with Gasteiger partial charge in [-0.1, -0.05) is 18.6 Å². The summed E-state index contributed by atoms with van der Waals surface area (Å²) in [4.78, 5) is 0. The van der Waals surface area contributed by atoms with Crippen LogP contribution in [0, 0.1) is 0 Å². The molecule has 0 saturated carbocycles. The van der Waals surface area contributed by atoms with Crippen LogP contribution >= 0.6 is 0 Å². The van der Waals surface area contributed by atoms with Crippen molar-refractivity contribution in [3.63, 3.8) is 0 Å². The zero-order valence-electron chi connectivity index (χ0n) is 10.9. The van der Waals surface area contributed by atoms with E-state index in [1.54, 1.807) is 0 Å². The number of rotatable bonds is 6. The maximum absolute atomic E-state index is 8.94. The molecule has 1 aromatic carbocycles. The molecule has 0 radical (unpaired) electrons. The van der Waals surface area contributed by atoms with Crippen molar-refractivity contribution in [2.75, 3.05) is 13.2 Å². The smallest absolute Gasteiger partial charge is 0.119 e. The third kappa shape index (κ3) is 4.31. The lowest BCUT2D eigenvalue weighted by molar-refractivity contribution is 0.278. The fourth-order valence-electron chi connectivity index (χ4n) is 2.38. The highest BCUT2D eigenvalue weighted by Gasteiger charge is 2.11. The summed E-state index contributed by atoms with van der Waals surface area (Å²) in [6, 6.07) is 8.34. The van der Waals surface area contributed by atoms with Crippen LogP contribution in [0.2, 0.25) is 0 Å². The number of hydrogen-bond acceptors (Lipinski definition) is 3. The predicted molar refractivity (Wildman–Crippen MR) is 72.7 cm³/mol. The van der Waals surface area contributed by atoms with Crippen molar-refractivity contribution in [1.29, 1.82) is 0 Å². The summed E-state index contributed by atoms with van der Waals surface area (Å²) >= 11 is 0. The summed E-state index contributed by atoms with van der Waals surface area (Å²) in [6.45, 7) is 2.04. The van der Waals surface area contributed by atoms with E-state index >= 15 is 0 Å². The van der Waals surface area contributed by atoms with Gasteiger partial charge in [-0.2, -0.15) is 0 Å². The lowest BCUT2D eigenvalue weighted by Crippen LogP contribution is -2.34. The normalized spacial score (nSPS) is 19.7. The van der Waals surface area contributed by atoms with Gasteiger partial charge in [0.2, 0.25) is 0 Å². The molecule has 1 heterocycles. The molecule has 3 nitrogen and oxygen atoms in total. The Morgan fingerprint density at radius 2 is 2.06 bits per heavy atom. The Morgan fingerprint density at radius 3 is 2.72 bits per heavy atom. The van der Waals surface area contributed by atoms with Crippen molar-refractivity contribution in [2.24, 2.45) is 0 Å². The topological polar surface area (TPSA) is 41.5 Å². The molecule has 18 heavy (non-hydrogen) atoms. The molecule has 1 saturated heterocycles. The molecule has 0 amide bonds. The number of ether oxygens (including phenoxy) is 1. The van der Waals surface area contributed by atoms with E-state index in [2.05, 4.69) is 5.32 Å². The first-order valence-electron chi connectivity index (χ1n) is 6.94. The zero-order valence-corrected chi connectivity index (χ0v) is 10.9. The quantitative estimate of drug-likeness (QED) is 0.761. The molecular formula is C15H23NO2. The number of nitrogens with one attached hydrogen (secondary N) is 1. The van der Waals surface area contributed by atoms with E-state index < -0.39 is 0 Å². The van der Waals surface area contributed by atoms with Gasteiger partial charge in [-0.25, -0.2) is 0 Å². The van der Waals surface area contributed by atoms with Crippen LogP contribution in [0.25, 0.3) is 0 Å². The van der Waals surface area contributed by atoms with E-state index in [0.717, 1.165) is 24.3 Å². The van der Waals surface area contributed by atoms with Gasteiger partial charge in [0, 0.05) is 6.04 Å². The molecule has 1 aliphatic rings. The van der Waals surface area contributed by atoms with E-state index in [9.17, 15) is 0 Å². The Hall–Kier alpha value is -1.06. The predicted octanol–water partition coefficient (Wildman–Crippen LogP) is 2.48. The Kier molecular flexibility index (Phi) is 5.49. The van der Waals surface area contributed by atoms with Crippen molar-refractivity contribution >= 4 is 0 Å². The second kappa shape index (κ2) is 7.39. The van der Waals surface area contributed by atoms with Gasteiger partial charge in [-0.15, -0.1) is 0 Å². The Balaban J connectivity index is 1.62. The van der Waals surface area contributed by atoms with Gasteiger partial charge in [0.1, 0.15) is 5.75 Å². The molecular weight excluding hydrogens is 226 g/mol. The maximum Gasteiger partial charge on any atom is 0.119 e. The highest BCUT2D eigenvalue weighted by atomic mass is 16.5. The van der Waals surface area contributed by atoms with Crippen molar-refractivity contribution < 1.29 is 9.84 Å². The van der Waals surface area contributed by atoms with Crippen LogP contribution in [0.15, 0.2) is 24.3 Å². The molecule has 1 fully saturated rings. The van der Waals surface area contributed by atoms with Crippen LogP contribution in [-0.4, -0.2) is 24.3 Å². The van der Waals surface area contributed by atoms with Gasteiger partial charge >= 0.3 is 0 Å². The van der Waals surface area contributed by atoms with Crippen LogP contribution in [-0.2, 0) is 6.61 Å². The summed E-state index contributed by atoms with van der Waals surface area (Å²) in [5.41, 5.74) is 0.925. The molecule has 1 aliphatic heterocycles. The van der Waals surface area contributed by atoms with E-state index in [1.807, 2.05) is 24.3 Å². The Labute approximate surface area is 109 Å². The lowest BCUT2D eigenvalue weighted by Gasteiger charge is -2.23. The zero-order chi connectivity index (χ0) is 12.6. The SMILES string of the molecule is OCc1ccc(OCCCC2CCCCN2)cc1. The number of piperidine rings is 1. The molecule has 1 atom stereocenters. The first-order valence-corrected chi connectivity index (χ1v) is 6.94. The van der Waals surface area contributed by atoms with E-state index in [4.69, 9.17) is 9.84 Å². The van der Waals surface area contributed by atoms with Gasteiger partial charge < -0.3 is 15.2 Å². The molecule has 3 heteroatoms. The first kappa shape index (κ1) is 13.4. The van der Waals surface area contributed by atoms with Crippen molar-refractivity contribution in [3.8, 4) is 5.75 Å². The van der Waals surface area contributed by atoms with Gasteiger partial charge in [0.05, 0.1) is 13.2 Å². The minimum absolute atomic E-state index is 0.0909. The van der Waals surface area contributed by atoms with Crippen LogP contribution < -0.4 is 10.1 Å². The number of aliphatic hydroxyl groups excluding tert-OH is 1. The fourth-order valence-corrected chi connectivity index (χ4v) is 2.38. The summed E-state index contributed by atoms with van der Waals surface area (Å²) in [6.07, 6.45) is 6.30. The molecule has 2 N–H and O–H groups in total. The number of benzene rings is 1. The number of hydrogen-bond donors (Lipinski definition) is 2. The van der Waals surface area contributed by atoms with Crippen molar-refractivity contribution in [3.05, 3.63) is 29.8 Å². The summed E-state index contributed by atoms with van der Waals surface area (Å²) in [5, 5.41) is 12.5. The summed E-state index contributed by atoms with van der Waals surface area (Å²) in [7, 11) is 0. The summed E-state index contributed by atoms with van der Waals surface area (Å²) < 4.78 is 5.69. The molecule has 0 aromatic heterocycles. The van der Waals surface area contributed by atoms with Crippen LogP contribution in [0.4, 0.5) is 0 Å². The first-order chi connectivity index (χ1) is 8.88. The van der Waals surface area contributed by atoms with Gasteiger partial charge in [-0.3, -0.25) is 0 Å². The maximum atomic E-state index is 8.94. The summed E-state index contributed by atoms with van der Waals surface area (Å²) in [5.74, 6) is 0.892. The van der Waals surface area contributed by atoms with E-state index in [-0.39, 0.29) is 6.61 Å². The van der Waals surface area contributed by atoms with E-state index in [0.29, 0.717) is 6.04 Å². The van der Waals surface area contributed by atoms with Crippen molar-refractivity contribution in [2.45, 2.75) is 44.8 Å². The number of aliphatic hydroxyl groups is 1. The Bertz CT molecular complexity index is 331. The molecule has 100 valence electrons. The molecule has 1 aromatic rings. The van der Waals surface area contributed by atoms with Gasteiger partial charge in [0.15, 0.2) is 0 Å². The van der Waals surface area contributed by atoms with Crippen LogP contribution in [0.1, 0.15) is 37.7 Å². The Morgan fingerprint density at radius 1 is 1.22 bits per heavy atom. The van der Waals surface area contributed by atoms with Crippen molar-refractivity contribution in [1.82, 2.24) is 5.32 Å². The third-order valence-electron chi connectivity index (χ3n) is 3.48. The molecule has 0 spiro atoms. The molecule has 0 bridgehead atoms. The van der Waals surface area contributed by atoms with Crippen LogP contribution in [0.3, 0.4) is 0 Å². The largest absolute Gasteiger partial charge is 0.494 e. The third-order valence-corrected chi connectivity index (χ3v) is 3.48. The van der Waals surface area contributed by atoms with E-state index in [1.165, 1.54) is 32.2 Å². The van der Waals surface area contributed by atoms with Crippen LogP contribution in [0.5, 0.6) is 5.75 Å². The average Bonchev–Trinajstić information content (AvgIpc) is 2.45. The average molecular weight is 249 g/mol. The fraction of sp³-hybridized carbons (Fsp3) is 0.600. The second-order valence-electron chi connectivity index (χ2n) is 4.94. The molecule has 2 rings (SSSR count). The standard InChI is InChI=1S/C15H23NO2/c17-12-13-6-8-15(9-7-13)18-11-3-5-14-4-1-2-10-16-14/h6-9,14,16-17H,1-5,10-12H2. The lowest BCUT2D eigenvalue weighted by atomic mass is 10.0.